The number of nitrogens with zero attached hydrogens (tertiary/aromatic N) is 2. The number of cyclic esters (lactones) is 1. The minimum atomic E-state index is -0.657. The quantitative estimate of drug-likeness (QED) is 0.613. The summed E-state index contributed by atoms with van der Waals surface area (Å²) >= 11 is 0. The number of rotatable bonds is 6. The predicted molar refractivity (Wildman–Crippen MR) is 135 cm³/mol. The summed E-state index contributed by atoms with van der Waals surface area (Å²) in [4.78, 5) is 42.4. The highest BCUT2D eigenvalue weighted by Gasteiger charge is 2.45. The maximum Gasteiger partial charge on any atom is 0.408 e. The van der Waals surface area contributed by atoms with Crippen LogP contribution in [0.2, 0.25) is 0 Å². The highest BCUT2D eigenvalue weighted by atomic mass is 16.6. The third kappa shape index (κ3) is 6.54. The monoisotopic (exact) mass is 487 g/mol. The molecule has 2 saturated heterocycles. The van der Waals surface area contributed by atoms with Gasteiger partial charge < -0.3 is 19.7 Å². The molecule has 1 aromatic rings. The second-order valence-corrected chi connectivity index (χ2v) is 11.8. The number of anilines is 1. The third-order valence-electron chi connectivity index (χ3n) is 6.86. The van der Waals surface area contributed by atoms with Crippen LogP contribution in [-0.4, -0.2) is 65.8 Å². The Morgan fingerprint density at radius 3 is 2.46 bits per heavy atom. The SMILES string of the molecule is Cc1ccccc1N1CC(C)(C)N(C[C@H](NC(=O)OC(C)(C)C)[C@@H]2C[C@@H](C(C)C)C(=O)O2)CC1=O. The minimum Gasteiger partial charge on any atom is -0.460 e. The number of ether oxygens (including phenoxy) is 2. The Morgan fingerprint density at radius 2 is 1.89 bits per heavy atom. The van der Waals surface area contributed by atoms with Crippen LogP contribution < -0.4 is 10.2 Å². The number of nitrogens with one attached hydrogen (secondary N) is 1. The molecule has 2 amide bonds. The Morgan fingerprint density at radius 1 is 1.23 bits per heavy atom. The average molecular weight is 488 g/mol. The van der Waals surface area contributed by atoms with Gasteiger partial charge in [0.05, 0.1) is 18.5 Å². The van der Waals surface area contributed by atoms with Crippen molar-refractivity contribution in [1.82, 2.24) is 10.2 Å². The molecule has 0 spiro atoms. The molecule has 0 saturated carbocycles. The number of hydrogen-bond donors (Lipinski definition) is 1. The molecule has 0 radical (unpaired) electrons. The van der Waals surface area contributed by atoms with Crippen molar-refractivity contribution in [1.29, 1.82) is 0 Å². The largest absolute Gasteiger partial charge is 0.460 e. The first-order valence-electron chi connectivity index (χ1n) is 12.5. The normalized spacial score (nSPS) is 23.9. The number of para-hydroxylation sites is 1. The molecule has 3 atom stereocenters. The Labute approximate surface area is 209 Å². The molecule has 8 nitrogen and oxygen atoms in total. The lowest BCUT2D eigenvalue weighted by Crippen LogP contribution is -2.65. The summed E-state index contributed by atoms with van der Waals surface area (Å²) in [5.41, 5.74) is 0.935. The van der Waals surface area contributed by atoms with E-state index in [1.54, 1.807) is 20.8 Å². The zero-order valence-electron chi connectivity index (χ0n) is 22.4. The number of esters is 1. The van der Waals surface area contributed by atoms with Gasteiger partial charge in [0, 0.05) is 24.3 Å². The molecule has 2 heterocycles. The van der Waals surface area contributed by atoms with Crippen LogP contribution in [0.5, 0.6) is 0 Å². The van der Waals surface area contributed by atoms with Gasteiger partial charge in [0.1, 0.15) is 11.7 Å². The Hall–Kier alpha value is -2.61. The molecule has 0 unspecified atom stereocenters. The van der Waals surface area contributed by atoms with Crippen LogP contribution in [0.15, 0.2) is 24.3 Å². The minimum absolute atomic E-state index is 0.00174. The fourth-order valence-corrected chi connectivity index (χ4v) is 4.81. The van der Waals surface area contributed by atoms with Crippen LogP contribution in [0.4, 0.5) is 10.5 Å². The second-order valence-electron chi connectivity index (χ2n) is 11.8. The van der Waals surface area contributed by atoms with Gasteiger partial charge in [0.15, 0.2) is 0 Å². The van der Waals surface area contributed by atoms with Crippen LogP contribution in [0.1, 0.15) is 60.5 Å². The summed E-state index contributed by atoms with van der Waals surface area (Å²) in [7, 11) is 0. The number of amides is 2. The summed E-state index contributed by atoms with van der Waals surface area (Å²) in [5.74, 6) is -0.306. The van der Waals surface area contributed by atoms with Gasteiger partial charge in [-0.2, -0.15) is 0 Å². The summed E-state index contributed by atoms with van der Waals surface area (Å²) in [6.07, 6.45) is -0.522. The predicted octanol–water partition coefficient (Wildman–Crippen LogP) is 3.90. The van der Waals surface area contributed by atoms with Gasteiger partial charge in [-0.25, -0.2) is 4.79 Å². The first kappa shape index (κ1) is 27.0. The van der Waals surface area contributed by atoms with Gasteiger partial charge in [0.25, 0.3) is 0 Å². The maximum atomic E-state index is 13.2. The number of carbonyl (C=O) groups excluding carboxylic acids is 3. The highest BCUT2D eigenvalue weighted by molar-refractivity contribution is 5.96. The third-order valence-corrected chi connectivity index (χ3v) is 6.86. The van der Waals surface area contributed by atoms with Gasteiger partial charge >= 0.3 is 12.1 Å². The Kier molecular flexibility index (Phi) is 7.84. The van der Waals surface area contributed by atoms with E-state index in [2.05, 4.69) is 24.1 Å². The number of alkyl carbamates (subject to hydrolysis) is 1. The van der Waals surface area contributed by atoms with Crippen molar-refractivity contribution in [3.05, 3.63) is 29.8 Å². The van der Waals surface area contributed by atoms with E-state index in [0.29, 0.717) is 19.5 Å². The van der Waals surface area contributed by atoms with Crippen LogP contribution in [-0.2, 0) is 19.1 Å². The molecule has 2 aliphatic rings. The molecule has 0 aromatic heterocycles. The second kappa shape index (κ2) is 10.2. The Balaban J connectivity index is 1.81. The van der Waals surface area contributed by atoms with Gasteiger partial charge in [-0.3, -0.25) is 14.5 Å². The number of aryl methyl sites for hydroxylation is 1. The summed E-state index contributed by atoms with van der Waals surface area (Å²) in [6, 6.07) is 7.37. The highest BCUT2D eigenvalue weighted by Crippen LogP contribution is 2.32. The van der Waals surface area contributed by atoms with E-state index in [4.69, 9.17) is 9.47 Å². The number of hydrogen-bond acceptors (Lipinski definition) is 6. The van der Waals surface area contributed by atoms with Crippen LogP contribution in [0, 0.1) is 18.8 Å². The van der Waals surface area contributed by atoms with E-state index in [9.17, 15) is 14.4 Å². The average Bonchev–Trinajstić information content (AvgIpc) is 3.11. The topological polar surface area (TPSA) is 88.2 Å². The number of benzene rings is 1. The van der Waals surface area contributed by atoms with Gasteiger partial charge in [0.2, 0.25) is 5.91 Å². The van der Waals surface area contributed by atoms with Crippen molar-refractivity contribution in [2.75, 3.05) is 24.5 Å². The van der Waals surface area contributed by atoms with Gasteiger partial charge in [-0.15, -0.1) is 0 Å². The van der Waals surface area contributed by atoms with Crippen LogP contribution >= 0.6 is 0 Å². The van der Waals surface area contributed by atoms with Gasteiger partial charge in [-0.1, -0.05) is 32.0 Å². The van der Waals surface area contributed by atoms with Crippen molar-refractivity contribution in [2.45, 2.75) is 85.1 Å². The van der Waals surface area contributed by atoms with Crippen molar-refractivity contribution in [3.63, 3.8) is 0 Å². The fraction of sp³-hybridized carbons (Fsp3) is 0.667. The zero-order chi connectivity index (χ0) is 26.1. The molecule has 8 heteroatoms. The molecule has 194 valence electrons. The van der Waals surface area contributed by atoms with E-state index in [1.165, 1.54) is 0 Å². The number of piperazine rings is 1. The van der Waals surface area contributed by atoms with Crippen molar-refractivity contribution in [3.8, 4) is 0 Å². The first-order valence-corrected chi connectivity index (χ1v) is 12.5. The molecule has 1 aromatic carbocycles. The Bertz CT molecular complexity index is 952. The molecule has 0 aliphatic carbocycles. The van der Waals surface area contributed by atoms with Gasteiger partial charge in [-0.05, 0) is 65.5 Å². The number of carbonyl (C=O) groups is 3. The lowest BCUT2D eigenvalue weighted by Gasteiger charge is -2.48. The van der Waals surface area contributed by atoms with E-state index in [-0.39, 0.29) is 35.8 Å². The summed E-state index contributed by atoms with van der Waals surface area (Å²) in [6.45, 7) is 16.7. The van der Waals surface area contributed by atoms with Crippen LogP contribution in [0.25, 0.3) is 0 Å². The molecule has 2 fully saturated rings. The zero-order valence-corrected chi connectivity index (χ0v) is 22.4. The van der Waals surface area contributed by atoms with E-state index in [0.717, 1.165) is 11.3 Å². The van der Waals surface area contributed by atoms with Crippen molar-refractivity contribution >= 4 is 23.7 Å². The summed E-state index contributed by atoms with van der Waals surface area (Å²) < 4.78 is 11.2. The lowest BCUT2D eigenvalue weighted by molar-refractivity contribution is -0.146. The molecule has 0 bridgehead atoms. The maximum absolute atomic E-state index is 13.2. The first-order chi connectivity index (χ1) is 16.2. The molecular weight excluding hydrogens is 446 g/mol. The molecule has 3 rings (SSSR count). The van der Waals surface area contributed by atoms with E-state index in [1.807, 2.05) is 49.9 Å². The molecule has 1 N–H and O–H groups in total. The standard InChI is InChI=1S/C27H41N3O5/c1-17(2)19-13-22(34-24(19)32)20(28-25(33)35-26(4,5)6)14-29-15-23(31)30(16-27(29,7)8)21-12-10-9-11-18(21)3/h9-12,17,19-20,22H,13-16H2,1-8H3,(H,28,33)/t19-,20-,22-/m0/s1. The smallest absolute Gasteiger partial charge is 0.408 e. The molecule has 35 heavy (non-hydrogen) atoms. The summed E-state index contributed by atoms with van der Waals surface area (Å²) in [5, 5.41) is 2.94. The van der Waals surface area contributed by atoms with E-state index < -0.39 is 23.8 Å². The fourth-order valence-electron chi connectivity index (χ4n) is 4.81. The van der Waals surface area contributed by atoms with E-state index >= 15 is 0 Å². The molecule has 2 aliphatic heterocycles. The molecular formula is C27H41N3O5. The van der Waals surface area contributed by atoms with Crippen molar-refractivity contribution in [2.24, 2.45) is 11.8 Å². The van der Waals surface area contributed by atoms with Crippen molar-refractivity contribution < 1.29 is 23.9 Å². The lowest BCUT2D eigenvalue weighted by atomic mass is 9.90. The van der Waals surface area contributed by atoms with Crippen LogP contribution in [0.3, 0.4) is 0 Å².